The van der Waals surface area contributed by atoms with Crippen molar-refractivity contribution >= 4 is 34.0 Å². The van der Waals surface area contributed by atoms with Crippen LogP contribution in [0.25, 0.3) is 11.0 Å². The molecule has 0 bridgehead atoms. The predicted molar refractivity (Wildman–Crippen MR) is 82.1 cm³/mol. The number of aromatic nitrogens is 2. The molecule has 3 aromatic rings. The van der Waals surface area contributed by atoms with Crippen molar-refractivity contribution in [2.24, 2.45) is 0 Å². The number of halogens is 2. The van der Waals surface area contributed by atoms with E-state index in [1.807, 2.05) is 13.0 Å². The second kappa shape index (κ2) is 5.19. The molecule has 2 atom stereocenters. The molecule has 0 saturated carbocycles. The SMILES string of the molecule is CC(Cl)c1nc2cc(F)ccc2n1C(C)c1cccs1. The number of alkyl halides is 1. The smallest absolute Gasteiger partial charge is 0.128 e. The molecular formula is C15H14ClFN2S. The summed E-state index contributed by atoms with van der Waals surface area (Å²) in [6, 6.07) is 8.93. The highest BCUT2D eigenvalue weighted by atomic mass is 35.5. The van der Waals surface area contributed by atoms with Crippen molar-refractivity contribution in [2.75, 3.05) is 0 Å². The Labute approximate surface area is 125 Å². The van der Waals surface area contributed by atoms with Gasteiger partial charge in [-0.2, -0.15) is 0 Å². The maximum absolute atomic E-state index is 13.4. The minimum Gasteiger partial charge on any atom is -0.319 e. The van der Waals surface area contributed by atoms with Crippen LogP contribution in [0.5, 0.6) is 0 Å². The van der Waals surface area contributed by atoms with E-state index in [-0.39, 0.29) is 17.2 Å². The summed E-state index contributed by atoms with van der Waals surface area (Å²) < 4.78 is 15.5. The zero-order valence-electron chi connectivity index (χ0n) is 11.2. The fourth-order valence-corrected chi connectivity index (χ4v) is 3.36. The summed E-state index contributed by atoms with van der Waals surface area (Å²) in [5.74, 6) is 0.493. The largest absolute Gasteiger partial charge is 0.319 e. The normalized spacial score (nSPS) is 14.6. The molecule has 0 amide bonds. The third-order valence-electron chi connectivity index (χ3n) is 3.38. The van der Waals surface area contributed by atoms with Crippen LogP contribution in [0.1, 0.15) is 36.0 Å². The van der Waals surface area contributed by atoms with Gasteiger partial charge in [0.25, 0.3) is 0 Å². The van der Waals surface area contributed by atoms with Gasteiger partial charge in [-0.25, -0.2) is 9.37 Å². The molecule has 0 N–H and O–H groups in total. The van der Waals surface area contributed by atoms with Crippen molar-refractivity contribution < 1.29 is 4.39 Å². The molecule has 104 valence electrons. The van der Waals surface area contributed by atoms with Crippen LogP contribution >= 0.6 is 22.9 Å². The van der Waals surface area contributed by atoms with E-state index in [1.54, 1.807) is 17.4 Å². The van der Waals surface area contributed by atoms with Gasteiger partial charge in [-0.05, 0) is 37.4 Å². The Bertz CT molecular complexity index is 734. The number of nitrogens with zero attached hydrogens (tertiary/aromatic N) is 2. The average Bonchev–Trinajstić information content (AvgIpc) is 3.04. The molecule has 0 fully saturated rings. The lowest BCUT2D eigenvalue weighted by Gasteiger charge is -2.17. The minimum atomic E-state index is -0.278. The van der Waals surface area contributed by atoms with E-state index < -0.39 is 0 Å². The van der Waals surface area contributed by atoms with Gasteiger partial charge in [-0.1, -0.05) is 6.07 Å². The van der Waals surface area contributed by atoms with Gasteiger partial charge in [0.05, 0.1) is 22.5 Å². The summed E-state index contributed by atoms with van der Waals surface area (Å²) >= 11 is 7.95. The van der Waals surface area contributed by atoms with Gasteiger partial charge in [0.1, 0.15) is 11.6 Å². The lowest BCUT2D eigenvalue weighted by molar-refractivity contribution is 0.624. The molecule has 2 nitrogen and oxygen atoms in total. The summed E-state index contributed by atoms with van der Waals surface area (Å²) in [5, 5.41) is 1.82. The fraction of sp³-hybridized carbons (Fsp3) is 0.267. The standard InChI is InChI=1S/C15H14ClFN2S/c1-9(16)15-18-12-8-11(17)5-6-13(12)19(15)10(2)14-4-3-7-20-14/h3-10H,1-2H3. The number of hydrogen-bond acceptors (Lipinski definition) is 2. The molecule has 0 aliphatic rings. The lowest BCUT2D eigenvalue weighted by atomic mass is 10.2. The highest BCUT2D eigenvalue weighted by Gasteiger charge is 2.20. The highest BCUT2D eigenvalue weighted by molar-refractivity contribution is 7.10. The summed E-state index contributed by atoms with van der Waals surface area (Å²) in [6.07, 6.45) is 0. The number of imidazole rings is 1. The zero-order chi connectivity index (χ0) is 14.3. The Hall–Kier alpha value is -1.39. The van der Waals surface area contributed by atoms with Gasteiger partial charge >= 0.3 is 0 Å². The first-order chi connectivity index (χ1) is 9.58. The van der Waals surface area contributed by atoms with E-state index in [1.165, 1.54) is 17.0 Å². The first-order valence-corrected chi connectivity index (χ1v) is 7.74. The first-order valence-electron chi connectivity index (χ1n) is 6.43. The maximum atomic E-state index is 13.4. The van der Waals surface area contributed by atoms with Crippen LogP contribution in [0.3, 0.4) is 0 Å². The number of thiophene rings is 1. The van der Waals surface area contributed by atoms with E-state index in [0.717, 1.165) is 11.3 Å². The number of hydrogen-bond donors (Lipinski definition) is 0. The highest BCUT2D eigenvalue weighted by Crippen LogP contribution is 2.32. The molecule has 3 rings (SSSR count). The van der Waals surface area contributed by atoms with Gasteiger partial charge in [-0.3, -0.25) is 0 Å². The van der Waals surface area contributed by atoms with Gasteiger partial charge in [0.2, 0.25) is 0 Å². The van der Waals surface area contributed by atoms with Crippen molar-refractivity contribution in [2.45, 2.75) is 25.3 Å². The summed E-state index contributed by atoms with van der Waals surface area (Å²) in [6.45, 7) is 4.00. The van der Waals surface area contributed by atoms with Gasteiger partial charge in [0, 0.05) is 10.9 Å². The van der Waals surface area contributed by atoms with Crippen molar-refractivity contribution in [3.05, 3.63) is 52.2 Å². The Balaban J connectivity index is 2.24. The second-order valence-corrected chi connectivity index (χ2v) is 6.41. The van der Waals surface area contributed by atoms with E-state index in [2.05, 4.69) is 27.9 Å². The van der Waals surface area contributed by atoms with Gasteiger partial charge in [0.15, 0.2) is 0 Å². The minimum absolute atomic E-state index is 0.127. The van der Waals surface area contributed by atoms with Crippen LogP contribution in [-0.2, 0) is 0 Å². The Morgan fingerprint density at radius 3 is 2.75 bits per heavy atom. The summed E-state index contributed by atoms with van der Waals surface area (Å²) in [5.41, 5.74) is 1.56. The molecule has 2 heterocycles. The molecule has 0 radical (unpaired) electrons. The van der Waals surface area contributed by atoms with Crippen LogP contribution in [0.15, 0.2) is 35.7 Å². The first kappa shape index (κ1) is 13.6. The summed E-state index contributed by atoms with van der Waals surface area (Å²) in [4.78, 5) is 5.73. The number of benzene rings is 1. The van der Waals surface area contributed by atoms with Crippen molar-refractivity contribution in [1.82, 2.24) is 9.55 Å². The van der Waals surface area contributed by atoms with Crippen LogP contribution in [-0.4, -0.2) is 9.55 Å². The van der Waals surface area contributed by atoms with E-state index in [0.29, 0.717) is 5.52 Å². The van der Waals surface area contributed by atoms with E-state index in [9.17, 15) is 4.39 Å². The maximum Gasteiger partial charge on any atom is 0.128 e. The predicted octanol–water partition coefficient (Wildman–Crippen LogP) is 5.15. The molecule has 0 aliphatic carbocycles. The molecule has 0 saturated heterocycles. The van der Waals surface area contributed by atoms with Crippen molar-refractivity contribution in [3.8, 4) is 0 Å². The van der Waals surface area contributed by atoms with Crippen LogP contribution in [0.2, 0.25) is 0 Å². The third-order valence-corrected chi connectivity index (χ3v) is 4.61. The van der Waals surface area contributed by atoms with Crippen molar-refractivity contribution in [3.63, 3.8) is 0 Å². The Morgan fingerprint density at radius 1 is 1.30 bits per heavy atom. The average molecular weight is 309 g/mol. The van der Waals surface area contributed by atoms with Crippen LogP contribution in [0, 0.1) is 5.82 Å². The number of rotatable bonds is 3. The van der Waals surface area contributed by atoms with E-state index >= 15 is 0 Å². The Morgan fingerprint density at radius 2 is 2.10 bits per heavy atom. The van der Waals surface area contributed by atoms with Gasteiger partial charge in [-0.15, -0.1) is 22.9 Å². The molecule has 0 aliphatic heterocycles. The molecule has 0 spiro atoms. The second-order valence-electron chi connectivity index (χ2n) is 4.78. The topological polar surface area (TPSA) is 17.8 Å². The van der Waals surface area contributed by atoms with Gasteiger partial charge < -0.3 is 4.57 Å². The number of fused-ring (bicyclic) bond motifs is 1. The Kier molecular flexibility index (Phi) is 3.52. The van der Waals surface area contributed by atoms with E-state index in [4.69, 9.17) is 11.6 Å². The van der Waals surface area contributed by atoms with Crippen LogP contribution in [0.4, 0.5) is 4.39 Å². The summed E-state index contributed by atoms with van der Waals surface area (Å²) in [7, 11) is 0. The van der Waals surface area contributed by atoms with Crippen molar-refractivity contribution in [1.29, 1.82) is 0 Å². The zero-order valence-corrected chi connectivity index (χ0v) is 12.7. The monoisotopic (exact) mass is 308 g/mol. The molecule has 2 unspecified atom stereocenters. The molecular weight excluding hydrogens is 295 g/mol. The fourth-order valence-electron chi connectivity index (χ4n) is 2.43. The lowest BCUT2D eigenvalue weighted by Crippen LogP contribution is -2.10. The molecule has 1 aromatic carbocycles. The molecule has 5 heteroatoms. The quantitative estimate of drug-likeness (QED) is 0.612. The van der Waals surface area contributed by atoms with Crippen LogP contribution < -0.4 is 0 Å². The molecule has 20 heavy (non-hydrogen) atoms. The third kappa shape index (κ3) is 2.23. The molecule has 2 aromatic heterocycles.